The Morgan fingerprint density at radius 3 is 2.81 bits per heavy atom. The van der Waals surface area contributed by atoms with Crippen LogP contribution in [0, 0.1) is 5.92 Å². The van der Waals surface area contributed by atoms with Gasteiger partial charge in [-0.1, -0.05) is 25.1 Å². The SMILES string of the molecule is CCC1c2ccc3cc(OC)ccc3c2CC1CC(=O)O. The second-order valence-electron chi connectivity index (χ2n) is 5.80. The maximum atomic E-state index is 11.1. The molecule has 3 heteroatoms. The van der Waals surface area contributed by atoms with Gasteiger partial charge in [-0.2, -0.15) is 0 Å². The van der Waals surface area contributed by atoms with E-state index in [0.717, 1.165) is 18.6 Å². The maximum absolute atomic E-state index is 11.1. The lowest BCUT2D eigenvalue weighted by molar-refractivity contribution is -0.138. The van der Waals surface area contributed by atoms with E-state index in [9.17, 15) is 4.79 Å². The van der Waals surface area contributed by atoms with Crippen molar-refractivity contribution < 1.29 is 14.6 Å². The van der Waals surface area contributed by atoms with Crippen molar-refractivity contribution in [2.45, 2.75) is 32.1 Å². The van der Waals surface area contributed by atoms with E-state index in [1.807, 2.05) is 12.1 Å². The van der Waals surface area contributed by atoms with E-state index in [1.54, 1.807) is 7.11 Å². The van der Waals surface area contributed by atoms with E-state index in [4.69, 9.17) is 9.84 Å². The van der Waals surface area contributed by atoms with Crippen molar-refractivity contribution >= 4 is 16.7 Å². The quantitative estimate of drug-likeness (QED) is 0.923. The third kappa shape index (κ3) is 2.37. The number of carbonyl (C=O) groups is 1. The topological polar surface area (TPSA) is 46.5 Å². The highest BCUT2D eigenvalue weighted by Gasteiger charge is 2.33. The molecule has 1 N–H and O–H groups in total. The highest BCUT2D eigenvalue weighted by molar-refractivity contribution is 5.89. The minimum absolute atomic E-state index is 0.218. The standard InChI is InChI=1S/C18H20O3/c1-3-14-12(10-18(19)20)9-17-15-7-5-13(21-2)8-11(15)4-6-16(14)17/h4-8,12,14H,3,9-10H2,1-2H3,(H,19,20). The number of hydrogen-bond donors (Lipinski definition) is 1. The van der Waals surface area contributed by atoms with E-state index in [-0.39, 0.29) is 12.3 Å². The van der Waals surface area contributed by atoms with Crippen molar-refractivity contribution in [3.05, 3.63) is 41.5 Å². The number of aliphatic carboxylic acids is 1. The Balaban J connectivity index is 2.08. The lowest BCUT2D eigenvalue weighted by atomic mass is 9.88. The van der Waals surface area contributed by atoms with Crippen LogP contribution in [-0.4, -0.2) is 18.2 Å². The second-order valence-corrected chi connectivity index (χ2v) is 5.80. The highest BCUT2D eigenvalue weighted by Crippen LogP contribution is 2.44. The normalized spacial score (nSPS) is 20.5. The molecule has 0 heterocycles. The summed E-state index contributed by atoms with van der Waals surface area (Å²) in [7, 11) is 1.67. The van der Waals surface area contributed by atoms with Crippen LogP contribution < -0.4 is 4.74 Å². The smallest absolute Gasteiger partial charge is 0.303 e. The summed E-state index contributed by atoms with van der Waals surface area (Å²) < 4.78 is 5.28. The van der Waals surface area contributed by atoms with Gasteiger partial charge < -0.3 is 9.84 Å². The molecule has 0 amide bonds. The molecule has 3 rings (SSSR count). The number of carboxylic acid groups (broad SMARTS) is 1. The van der Waals surface area contributed by atoms with E-state index in [2.05, 4.69) is 25.1 Å². The summed E-state index contributed by atoms with van der Waals surface area (Å²) in [6, 6.07) is 10.4. The van der Waals surface area contributed by atoms with Gasteiger partial charge in [-0.3, -0.25) is 4.79 Å². The predicted octanol–water partition coefficient (Wildman–Crippen LogP) is 3.99. The first kappa shape index (κ1) is 13.9. The van der Waals surface area contributed by atoms with Gasteiger partial charge in [0.2, 0.25) is 0 Å². The van der Waals surface area contributed by atoms with Crippen LogP contribution in [0.5, 0.6) is 5.75 Å². The van der Waals surface area contributed by atoms with Gasteiger partial charge in [0.25, 0.3) is 0 Å². The van der Waals surface area contributed by atoms with Gasteiger partial charge in [0.1, 0.15) is 5.75 Å². The average molecular weight is 284 g/mol. The Hall–Kier alpha value is -2.03. The molecule has 2 atom stereocenters. The molecule has 2 unspecified atom stereocenters. The summed E-state index contributed by atoms with van der Waals surface area (Å²) in [5.74, 6) is 0.740. The number of rotatable bonds is 4. The first-order valence-electron chi connectivity index (χ1n) is 7.45. The number of methoxy groups -OCH3 is 1. The van der Waals surface area contributed by atoms with Gasteiger partial charge in [-0.15, -0.1) is 0 Å². The van der Waals surface area contributed by atoms with Crippen molar-refractivity contribution in [3.63, 3.8) is 0 Å². The van der Waals surface area contributed by atoms with E-state index < -0.39 is 5.97 Å². The summed E-state index contributed by atoms with van der Waals surface area (Å²) in [4.78, 5) is 11.1. The first-order valence-corrected chi connectivity index (χ1v) is 7.45. The molecule has 21 heavy (non-hydrogen) atoms. The molecule has 0 saturated heterocycles. The molecule has 2 aromatic rings. The molecule has 0 bridgehead atoms. The van der Waals surface area contributed by atoms with Crippen LogP contribution in [0.15, 0.2) is 30.3 Å². The van der Waals surface area contributed by atoms with E-state index in [1.165, 1.54) is 21.9 Å². The zero-order chi connectivity index (χ0) is 15.0. The third-order valence-electron chi connectivity index (χ3n) is 4.69. The molecular formula is C18H20O3. The molecule has 0 radical (unpaired) electrons. The summed E-state index contributed by atoms with van der Waals surface area (Å²) in [6.07, 6.45) is 2.11. The first-order chi connectivity index (χ1) is 10.1. The molecule has 1 aliphatic carbocycles. The van der Waals surface area contributed by atoms with Crippen molar-refractivity contribution in [2.75, 3.05) is 7.11 Å². The van der Waals surface area contributed by atoms with Crippen molar-refractivity contribution in [2.24, 2.45) is 5.92 Å². The largest absolute Gasteiger partial charge is 0.497 e. The molecule has 1 aliphatic rings. The van der Waals surface area contributed by atoms with Crippen molar-refractivity contribution in [1.29, 1.82) is 0 Å². The zero-order valence-electron chi connectivity index (χ0n) is 12.4. The van der Waals surface area contributed by atoms with Crippen LogP contribution in [0.4, 0.5) is 0 Å². The summed E-state index contributed by atoms with van der Waals surface area (Å²) >= 11 is 0. The molecule has 2 aromatic carbocycles. The van der Waals surface area contributed by atoms with Crippen LogP contribution in [0.2, 0.25) is 0 Å². The fourth-order valence-electron chi connectivity index (χ4n) is 3.74. The monoisotopic (exact) mass is 284 g/mol. The van der Waals surface area contributed by atoms with Gasteiger partial charge in [-0.05, 0) is 58.7 Å². The second kappa shape index (κ2) is 5.40. The van der Waals surface area contributed by atoms with Gasteiger partial charge in [0, 0.05) is 6.42 Å². The molecule has 110 valence electrons. The van der Waals surface area contributed by atoms with Gasteiger partial charge in [0.15, 0.2) is 0 Å². The molecular weight excluding hydrogens is 264 g/mol. The minimum Gasteiger partial charge on any atom is -0.497 e. The number of carboxylic acids is 1. The molecule has 0 fully saturated rings. The molecule has 3 nitrogen and oxygen atoms in total. The van der Waals surface area contributed by atoms with Crippen LogP contribution in [0.25, 0.3) is 10.8 Å². The number of fused-ring (bicyclic) bond motifs is 3. The lowest BCUT2D eigenvalue weighted by Crippen LogP contribution is -2.12. The Bertz CT molecular complexity index is 690. The van der Waals surface area contributed by atoms with E-state index in [0.29, 0.717) is 5.92 Å². The highest BCUT2D eigenvalue weighted by atomic mass is 16.5. The Morgan fingerprint density at radius 1 is 1.33 bits per heavy atom. The number of hydrogen-bond acceptors (Lipinski definition) is 2. The van der Waals surface area contributed by atoms with E-state index >= 15 is 0 Å². The third-order valence-corrected chi connectivity index (χ3v) is 4.69. The Labute approximate surface area is 124 Å². The molecule has 0 aromatic heterocycles. The fourth-order valence-corrected chi connectivity index (χ4v) is 3.74. The van der Waals surface area contributed by atoms with Gasteiger partial charge in [0.05, 0.1) is 7.11 Å². The van der Waals surface area contributed by atoms with Gasteiger partial charge in [-0.25, -0.2) is 0 Å². The summed E-state index contributed by atoms with van der Waals surface area (Å²) in [5.41, 5.74) is 2.66. The van der Waals surface area contributed by atoms with Crippen molar-refractivity contribution in [1.82, 2.24) is 0 Å². The minimum atomic E-state index is -0.697. The van der Waals surface area contributed by atoms with Gasteiger partial charge >= 0.3 is 5.97 Å². The molecule has 0 spiro atoms. The van der Waals surface area contributed by atoms with Crippen LogP contribution in [-0.2, 0) is 11.2 Å². The molecule has 0 saturated carbocycles. The van der Waals surface area contributed by atoms with Crippen molar-refractivity contribution in [3.8, 4) is 5.75 Å². The summed E-state index contributed by atoms with van der Waals surface area (Å²) in [5, 5.41) is 11.5. The summed E-state index contributed by atoms with van der Waals surface area (Å²) in [6.45, 7) is 2.15. The average Bonchev–Trinajstić information content (AvgIpc) is 2.83. The van der Waals surface area contributed by atoms with Crippen LogP contribution in [0.3, 0.4) is 0 Å². The zero-order valence-corrected chi connectivity index (χ0v) is 12.4. The Morgan fingerprint density at radius 2 is 2.14 bits per heavy atom. The lowest BCUT2D eigenvalue weighted by Gasteiger charge is -2.16. The number of benzene rings is 2. The fraction of sp³-hybridized carbons (Fsp3) is 0.389. The number of ether oxygens (including phenoxy) is 1. The van der Waals surface area contributed by atoms with Crippen LogP contribution >= 0.6 is 0 Å². The molecule has 0 aliphatic heterocycles. The Kier molecular flexibility index (Phi) is 3.58. The predicted molar refractivity (Wildman–Crippen MR) is 83.0 cm³/mol. The maximum Gasteiger partial charge on any atom is 0.303 e. The van der Waals surface area contributed by atoms with Crippen LogP contribution in [0.1, 0.15) is 36.8 Å².